The molecule has 0 aromatic heterocycles. The largest absolute Gasteiger partial charge is 0.481 e. The number of rotatable bonds is 10. The van der Waals surface area contributed by atoms with Crippen LogP contribution >= 0.6 is 24.0 Å². The van der Waals surface area contributed by atoms with Crippen molar-refractivity contribution < 1.29 is 14.3 Å². The van der Waals surface area contributed by atoms with Gasteiger partial charge in [-0.2, -0.15) is 0 Å². The van der Waals surface area contributed by atoms with Crippen LogP contribution in [0.1, 0.15) is 25.3 Å². The van der Waals surface area contributed by atoms with Gasteiger partial charge in [0.2, 0.25) is 11.8 Å². The number of halogens is 1. The Labute approximate surface area is 218 Å². The van der Waals surface area contributed by atoms with Crippen LogP contribution < -0.4 is 15.4 Å². The molecule has 8 heteroatoms. The van der Waals surface area contributed by atoms with E-state index in [9.17, 15) is 9.59 Å². The Balaban J connectivity index is 0.00000324. The highest BCUT2D eigenvalue weighted by molar-refractivity contribution is 14.0. The van der Waals surface area contributed by atoms with Gasteiger partial charge in [-0.3, -0.25) is 19.5 Å². The van der Waals surface area contributed by atoms with Gasteiger partial charge in [-0.25, -0.2) is 0 Å². The second-order valence-electron chi connectivity index (χ2n) is 8.76. The minimum atomic E-state index is -0.118. The van der Waals surface area contributed by atoms with Crippen molar-refractivity contribution in [2.24, 2.45) is 28.7 Å². The Morgan fingerprint density at radius 2 is 1.82 bits per heavy atom. The Bertz CT molecular complexity index is 939. The summed E-state index contributed by atoms with van der Waals surface area (Å²) in [6.07, 6.45) is 11.9. The van der Waals surface area contributed by atoms with E-state index in [0.29, 0.717) is 19.5 Å². The number of amides is 2. The molecule has 2 N–H and O–H groups in total. The number of fused-ring (bicyclic) bond motifs is 5. The monoisotopic (exact) mass is 576 g/mol. The number of terminal acetylenes is 1. The molecule has 2 amide bonds. The molecule has 4 atom stereocenters. The van der Waals surface area contributed by atoms with Crippen LogP contribution in [0.25, 0.3) is 0 Å². The first-order valence-corrected chi connectivity index (χ1v) is 11.8. The highest BCUT2D eigenvalue weighted by Gasteiger charge is 2.58. The van der Waals surface area contributed by atoms with Gasteiger partial charge in [0.1, 0.15) is 12.4 Å². The van der Waals surface area contributed by atoms with Crippen LogP contribution in [0.3, 0.4) is 0 Å². The Kier molecular flexibility index (Phi) is 9.39. The van der Waals surface area contributed by atoms with Crippen molar-refractivity contribution in [1.29, 1.82) is 0 Å². The third-order valence-electron chi connectivity index (χ3n) is 6.67. The van der Waals surface area contributed by atoms with E-state index in [2.05, 4.69) is 33.7 Å². The van der Waals surface area contributed by atoms with Gasteiger partial charge in [0, 0.05) is 26.2 Å². The van der Waals surface area contributed by atoms with Gasteiger partial charge in [-0.05, 0) is 55.7 Å². The second-order valence-corrected chi connectivity index (χ2v) is 8.76. The van der Waals surface area contributed by atoms with Gasteiger partial charge >= 0.3 is 0 Å². The molecule has 2 bridgehead atoms. The van der Waals surface area contributed by atoms with E-state index in [0.717, 1.165) is 37.6 Å². The SMILES string of the molecule is C#CCOc1ccc(CCNC(=NCCCN2C(=O)C3C4C=CC(C4)C3C2=O)NCC)cc1.I. The molecule has 182 valence electrons. The zero-order chi connectivity index (χ0) is 23.2. The van der Waals surface area contributed by atoms with Crippen molar-refractivity contribution in [3.05, 3.63) is 42.0 Å². The lowest BCUT2D eigenvalue weighted by Gasteiger charge is -2.17. The first-order valence-electron chi connectivity index (χ1n) is 11.8. The molecule has 34 heavy (non-hydrogen) atoms. The van der Waals surface area contributed by atoms with Crippen molar-refractivity contribution in [1.82, 2.24) is 15.5 Å². The number of carbonyl (C=O) groups excluding carboxylic acids is 2. The maximum absolute atomic E-state index is 12.8. The van der Waals surface area contributed by atoms with Crippen LogP contribution in [-0.2, 0) is 16.0 Å². The number of hydrogen-bond donors (Lipinski definition) is 2. The topological polar surface area (TPSA) is 83.0 Å². The fourth-order valence-electron chi connectivity index (χ4n) is 5.15. The first-order chi connectivity index (χ1) is 16.1. The number of nitrogens with zero attached hydrogens (tertiary/aromatic N) is 2. The van der Waals surface area contributed by atoms with E-state index in [1.165, 1.54) is 10.5 Å². The molecule has 1 aromatic rings. The van der Waals surface area contributed by atoms with E-state index in [4.69, 9.17) is 11.2 Å². The third-order valence-corrected chi connectivity index (χ3v) is 6.67. The Morgan fingerprint density at radius 1 is 1.15 bits per heavy atom. The van der Waals surface area contributed by atoms with Crippen LogP contribution in [0.5, 0.6) is 5.75 Å². The molecule has 2 aliphatic carbocycles. The average molecular weight is 576 g/mol. The van der Waals surface area contributed by atoms with Crippen molar-refractivity contribution in [2.45, 2.75) is 26.2 Å². The van der Waals surface area contributed by atoms with Gasteiger partial charge in [-0.1, -0.05) is 30.2 Å². The van der Waals surface area contributed by atoms with Crippen molar-refractivity contribution in [2.75, 3.05) is 32.8 Å². The number of aliphatic imine (C=N–C) groups is 1. The highest BCUT2D eigenvalue weighted by atomic mass is 127. The van der Waals surface area contributed by atoms with E-state index >= 15 is 0 Å². The summed E-state index contributed by atoms with van der Waals surface area (Å²) in [6, 6.07) is 7.89. The number of imide groups is 1. The van der Waals surface area contributed by atoms with Crippen LogP contribution in [0.15, 0.2) is 41.4 Å². The van der Waals surface area contributed by atoms with E-state index in [-0.39, 0.29) is 66.1 Å². The molecule has 0 radical (unpaired) electrons. The summed E-state index contributed by atoms with van der Waals surface area (Å²) in [6.45, 7) is 4.78. The molecule has 1 aliphatic heterocycles. The maximum atomic E-state index is 12.8. The zero-order valence-electron chi connectivity index (χ0n) is 19.5. The summed E-state index contributed by atoms with van der Waals surface area (Å²) in [4.78, 5) is 31.6. The minimum absolute atomic E-state index is 0. The van der Waals surface area contributed by atoms with Crippen molar-refractivity contribution >= 4 is 41.8 Å². The molecule has 4 rings (SSSR count). The third kappa shape index (κ3) is 5.74. The molecule has 7 nitrogen and oxygen atoms in total. The van der Waals surface area contributed by atoms with Gasteiger partial charge < -0.3 is 15.4 Å². The molecule has 1 saturated carbocycles. The number of allylic oxidation sites excluding steroid dienone is 2. The number of benzene rings is 1. The molecule has 1 saturated heterocycles. The molecular weight excluding hydrogens is 543 g/mol. The predicted molar refractivity (Wildman–Crippen MR) is 143 cm³/mol. The lowest BCUT2D eigenvalue weighted by molar-refractivity contribution is -0.140. The van der Waals surface area contributed by atoms with E-state index < -0.39 is 0 Å². The summed E-state index contributed by atoms with van der Waals surface area (Å²) < 4.78 is 5.40. The lowest BCUT2D eigenvalue weighted by atomic mass is 9.85. The van der Waals surface area contributed by atoms with E-state index in [1.807, 2.05) is 31.2 Å². The van der Waals surface area contributed by atoms with E-state index in [1.54, 1.807) is 0 Å². The van der Waals surface area contributed by atoms with Gasteiger partial charge in [0.25, 0.3) is 0 Å². The van der Waals surface area contributed by atoms with Crippen LogP contribution in [-0.4, -0.2) is 55.5 Å². The van der Waals surface area contributed by atoms with Crippen molar-refractivity contribution in [3.8, 4) is 18.1 Å². The summed E-state index contributed by atoms with van der Waals surface area (Å²) in [7, 11) is 0. The smallest absolute Gasteiger partial charge is 0.233 e. The maximum Gasteiger partial charge on any atom is 0.233 e. The summed E-state index contributed by atoms with van der Waals surface area (Å²) in [5.74, 6) is 4.29. The fraction of sp³-hybridized carbons (Fsp3) is 0.500. The molecule has 3 aliphatic rings. The molecule has 0 spiro atoms. The number of nitrogens with one attached hydrogen (secondary N) is 2. The highest BCUT2D eigenvalue weighted by Crippen LogP contribution is 2.52. The van der Waals surface area contributed by atoms with Crippen LogP contribution in [0.4, 0.5) is 0 Å². The Hall–Kier alpha value is -2.54. The van der Waals surface area contributed by atoms with Crippen molar-refractivity contribution in [3.63, 3.8) is 0 Å². The zero-order valence-corrected chi connectivity index (χ0v) is 21.9. The number of guanidine groups is 1. The molecule has 1 heterocycles. The number of hydrogen-bond acceptors (Lipinski definition) is 4. The van der Waals surface area contributed by atoms with Gasteiger partial charge in [0.15, 0.2) is 5.96 Å². The summed E-state index contributed by atoms with van der Waals surface area (Å²) in [5.41, 5.74) is 1.19. The van der Waals surface area contributed by atoms with Gasteiger partial charge in [0.05, 0.1) is 11.8 Å². The number of likely N-dealkylation sites (tertiary alicyclic amines) is 1. The summed E-state index contributed by atoms with van der Waals surface area (Å²) >= 11 is 0. The molecule has 4 unspecified atom stereocenters. The second kappa shape index (κ2) is 12.2. The lowest BCUT2D eigenvalue weighted by Crippen LogP contribution is -2.38. The normalized spacial score (nSPS) is 24.6. The van der Waals surface area contributed by atoms with Gasteiger partial charge in [-0.15, -0.1) is 30.4 Å². The number of carbonyl (C=O) groups is 2. The average Bonchev–Trinajstić information content (AvgIpc) is 3.50. The van der Waals surface area contributed by atoms with Crippen LogP contribution in [0.2, 0.25) is 0 Å². The number of ether oxygens (including phenoxy) is 1. The molecular formula is C26H33IN4O3. The molecule has 2 fully saturated rings. The first kappa shape index (κ1) is 26.1. The van der Waals surface area contributed by atoms with Crippen LogP contribution in [0, 0.1) is 36.0 Å². The molecule has 1 aromatic carbocycles. The Morgan fingerprint density at radius 3 is 2.44 bits per heavy atom. The fourth-order valence-corrected chi connectivity index (χ4v) is 5.15. The quantitative estimate of drug-likeness (QED) is 0.0852. The summed E-state index contributed by atoms with van der Waals surface area (Å²) in [5, 5.41) is 6.59. The standard InChI is InChI=1S/C26H32N4O3.HI/c1-3-16-33-21-10-6-18(7-11-21)12-14-29-26(27-4-2)28-13-5-15-30-24(31)22-19-8-9-20(17-19)23(22)25(30)32;/h1,6-11,19-20,22-23H,4-5,12-17H2,2H3,(H2,27,28,29);1H. The predicted octanol–water partition coefficient (Wildman–Crippen LogP) is 2.61. The minimum Gasteiger partial charge on any atom is -0.481 e.